The minimum Gasteiger partial charge on any atom is -0.312 e. The summed E-state index contributed by atoms with van der Waals surface area (Å²) in [4.78, 5) is 0. The van der Waals surface area contributed by atoms with Gasteiger partial charge in [0.2, 0.25) is 0 Å². The third-order valence-electron chi connectivity index (χ3n) is 14.0. The van der Waals surface area contributed by atoms with Gasteiger partial charge in [0.25, 0.3) is 0 Å². The van der Waals surface area contributed by atoms with E-state index in [0.29, 0.717) is 50.6 Å². The van der Waals surface area contributed by atoms with Gasteiger partial charge in [-0.25, -0.2) is 0 Å². The fraction of sp³-hybridized carbons (Fsp3) is 0.360. The molecule has 2 saturated heterocycles. The molecule has 0 spiro atoms. The number of thioether (sulfide) groups is 2. The van der Waals surface area contributed by atoms with E-state index in [1.165, 1.54) is 58.7 Å². The SMILES string of the molecule is C1=CCCC(n2c3ccccc3c3cccc(C4=CC=CC5SC6C(C=CCC6C6CC=CCC6)C(C6C7=CC=CCC7SC7C=CC=CC76)C45)c32)=C1. The number of hydrogen-bond donors (Lipinski definition) is 0. The Labute approximate surface area is 323 Å². The van der Waals surface area contributed by atoms with Gasteiger partial charge in [0.1, 0.15) is 0 Å². The molecule has 3 heteroatoms. The van der Waals surface area contributed by atoms with E-state index >= 15 is 0 Å². The van der Waals surface area contributed by atoms with E-state index in [9.17, 15) is 0 Å². The highest BCUT2D eigenvalue weighted by atomic mass is 32.2. The lowest BCUT2D eigenvalue weighted by molar-refractivity contribution is 0.140. The highest BCUT2D eigenvalue weighted by Gasteiger charge is 2.56. The van der Waals surface area contributed by atoms with Crippen molar-refractivity contribution in [3.63, 3.8) is 0 Å². The lowest BCUT2D eigenvalue weighted by Crippen LogP contribution is -2.53. The fourth-order valence-corrected chi connectivity index (χ4v) is 15.5. The molecule has 11 atom stereocenters. The van der Waals surface area contributed by atoms with E-state index in [1.807, 2.05) is 0 Å². The van der Waals surface area contributed by atoms with Gasteiger partial charge in [-0.1, -0.05) is 139 Å². The van der Waals surface area contributed by atoms with Gasteiger partial charge < -0.3 is 4.57 Å². The van der Waals surface area contributed by atoms with Crippen LogP contribution in [0, 0.1) is 41.4 Å². The van der Waals surface area contributed by atoms with Crippen LogP contribution in [0.25, 0.3) is 33.1 Å². The van der Waals surface area contributed by atoms with Crippen molar-refractivity contribution in [2.75, 3.05) is 0 Å². The maximum Gasteiger partial charge on any atom is 0.0613 e. The molecule has 2 aliphatic heterocycles. The average Bonchev–Trinajstić information content (AvgIpc) is 3.57. The number of nitrogens with zero attached hydrogens (tertiary/aromatic N) is 1. The molecule has 1 nitrogen and oxygen atoms in total. The number of rotatable bonds is 4. The van der Waals surface area contributed by atoms with Crippen molar-refractivity contribution in [2.24, 2.45) is 41.4 Å². The average molecular weight is 728 g/mol. The summed E-state index contributed by atoms with van der Waals surface area (Å²) in [6, 6.07) is 16.4. The number of aromatic nitrogens is 1. The number of benzene rings is 2. The van der Waals surface area contributed by atoms with Crippen molar-refractivity contribution in [3.05, 3.63) is 157 Å². The van der Waals surface area contributed by atoms with E-state index < -0.39 is 0 Å². The van der Waals surface area contributed by atoms with Crippen LogP contribution in [0.1, 0.15) is 50.5 Å². The van der Waals surface area contributed by atoms with Crippen molar-refractivity contribution < 1.29 is 0 Å². The van der Waals surface area contributed by atoms with Crippen LogP contribution in [-0.4, -0.2) is 25.6 Å². The Balaban J connectivity index is 1.12. The van der Waals surface area contributed by atoms with Crippen LogP contribution < -0.4 is 0 Å². The van der Waals surface area contributed by atoms with E-state index in [-0.39, 0.29) is 0 Å². The highest BCUT2D eigenvalue weighted by Crippen LogP contribution is 2.63. The molecule has 6 aliphatic carbocycles. The second-order valence-corrected chi connectivity index (χ2v) is 19.3. The molecule has 0 N–H and O–H groups in total. The minimum atomic E-state index is 0.429. The maximum atomic E-state index is 2.74. The second kappa shape index (κ2) is 13.6. The summed E-state index contributed by atoms with van der Waals surface area (Å²) in [5.74, 6) is 4.08. The third-order valence-corrected chi connectivity index (χ3v) is 17.4. The fourth-order valence-electron chi connectivity index (χ4n) is 11.9. The summed E-state index contributed by atoms with van der Waals surface area (Å²) in [5.41, 5.74) is 8.90. The predicted octanol–water partition coefficient (Wildman–Crippen LogP) is 12.9. The van der Waals surface area contributed by atoms with Crippen molar-refractivity contribution in [1.82, 2.24) is 4.57 Å². The van der Waals surface area contributed by atoms with Gasteiger partial charge in [0, 0.05) is 49.0 Å². The van der Waals surface area contributed by atoms with E-state index in [0.717, 1.165) is 31.1 Å². The molecule has 11 rings (SSSR count). The van der Waals surface area contributed by atoms with Crippen LogP contribution in [0.5, 0.6) is 0 Å². The van der Waals surface area contributed by atoms with Gasteiger partial charge >= 0.3 is 0 Å². The molecule has 8 aliphatic rings. The standard InChI is InChI=1S/C50H49NS2/c1-3-16-32(17-4-1)34-23-13-27-41-48(46-39-21-8-11-29-43(39)52-44-30-12-9-22-40(44)46)47-36(24-15-31-45(47)53-50(34)41)38-26-14-25-37-35-20-7-10-28-42(35)51(49(37)38)33-18-5-2-6-19-33/h1-3,5,7-15,18,20-22,24-29,31-32,34,39,41,43-48,50H,4,6,16-17,19,23,30H2. The maximum absolute atomic E-state index is 2.74. The summed E-state index contributed by atoms with van der Waals surface area (Å²) in [5, 5.41) is 4.99. The van der Waals surface area contributed by atoms with Crippen LogP contribution in [-0.2, 0) is 0 Å². The zero-order chi connectivity index (χ0) is 34.9. The van der Waals surface area contributed by atoms with Crippen molar-refractivity contribution in [3.8, 4) is 0 Å². The van der Waals surface area contributed by atoms with Gasteiger partial charge in [-0.3, -0.25) is 0 Å². The van der Waals surface area contributed by atoms with Gasteiger partial charge in [-0.2, -0.15) is 0 Å². The first kappa shape index (κ1) is 32.7. The van der Waals surface area contributed by atoms with Crippen molar-refractivity contribution in [1.29, 1.82) is 0 Å². The molecule has 1 aromatic heterocycles. The summed E-state index contributed by atoms with van der Waals surface area (Å²) < 4.78 is 2.64. The molecular formula is C50H49NS2. The number of para-hydroxylation sites is 2. The van der Waals surface area contributed by atoms with Gasteiger partial charge in [-0.05, 0) is 98.2 Å². The number of fused-ring (bicyclic) bond motifs is 7. The third kappa shape index (κ3) is 5.35. The first-order chi connectivity index (χ1) is 26.3. The topological polar surface area (TPSA) is 4.93 Å². The monoisotopic (exact) mass is 727 g/mol. The van der Waals surface area contributed by atoms with Crippen molar-refractivity contribution in [2.45, 2.75) is 65.9 Å². The molecule has 0 radical (unpaired) electrons. The zero-order valence-electron chi connectivity index (χ0n) is 30.4. The largest absolute Gasteiger partial charge is 0.312 e. The molecule has 0 bridgehead atoms. The molecule has 3 heterocycles. The van der Waals surface area contributed by atoms with Gasteiger partial charge in [-0.15, -0.1) is 23.5 Å². The number of hydrogen-bond acceptors (Lipinski definition) is 2. The second-order valence-electron chi connectivity index (χ2n) is 16.6. The zero-order valence-corrected chi connectivity index (χ0v) is 32.1. The van der Waals surface area contributed by atoms with Crippen LogP contribution in [0.2, 0.25) is 0 Å². The minimum absolute atomic E-state index is 0.429. The Morgan fingerprint density at radius 1 is 0.623 bits per heavy atom. The summed E-state index contributed by atoms with van der Waals surface area (Å²) in [7, 11) is 0. The Morgan fingerprint density at radius 3 is 2.45 bits per heavy atom. The summed E-state index contributed by atoms with van der Waals surface area (Å²) in [6.07, 6.45) is 50.6. The van der Waals surface area contributed by atoms with Gasteiger partial charge in [0.15, 0.2) is 0 Å². The summed E-state index contributed by atoms with van der Waals surface area (Å²) in [6.45, 7) is 0. The molecular weight excluding hydrogens is 679 g/mol. The highest BCUT2D eigenvalue weighted by molar-refractivity contribution is 8.01. The lowest BCUT2D eigenvalue weighted by atomic mass is 9.57. The Morgan fingerprint density at radius 2 is 1.53 bits per heavy atom. The molecule has 2 aromatic carbocycles. The van der Waals surface area contributed by atoms with Gasteiger partial charge in [0.05, 0.1) is 11.0 Å². The van der Waals surface area contributed by atoms with Crippen LogP contribution >= 0.6 is 23.5 Å². The van der Waals surface area contributed by atoms with Crippen LogP contribution in [0.15, 0.2) is 151 Å². The van der Waals surface area contributed by atoms with E-state index in [1.54, 1.807) is 11.1 Å². The quantitative estimate of drug-likeness (QED) is 0.247. The Hall–Kier alpha value is -3.66. The Kier molecular flexibility index (Phi) is 8.39. The van der Waals surface area contributed by atoms with E-state index in [2.05, 4.69) is 174 Å². The smallest absolute Gasteiger partial charge is 0.0613 e. The predicted molar refractivity (Wildman–Crippen MR) is 231 cm³/mol. The normalized spacial score (nSPS) is 36.8. The number of allylic oxidation sites excluding steroid dienone is 17. The van der Waals surface area contributed by atoms with Crippen LogP contribution in [0.4, 0.5) is 0 Å². The molecule has 2 fully saturated rings. The molecule has 0 saturated carbocycles. The molecule has 0 amide bonds. The molecule has 11 unspecified atom stereocenters. The molecule has 3 aromatic rings. The summed E-state index contributed by atoms with van der Waals surface area (Å²) >= 11 is 4.60. The lowest BCUT2D eigenvalue weighted by Gasteiger charge is -2.57. The van der Waals surface area contributed by atoms with Crippen molar-refractivity contribution >= 4 is 56.6 Å². The molecule has 266 valence electrons. The first-order valence-electron chi connectivity index (χ1n) is 20.4. The van der Waals surface area contributed by atoms with E-state index in [4.69, 9.17) is 0 Å². The van der Waals surface area contributed by atoms with Crippen LogP contribution in [0.3, 0.4) is 0 Å². The first-order valence-corrected chi connectivity index (χ1v) is 22.3. The Bertz CT molecular complexity index is 2260. The molecule has 53 heavy (non-hydrogen) atoms.